The van der Waals surface area contributed by atoms with Crippen molar-refractivity contribution in [1.29, 1.82) is 0 Å². The molecule has 1 atom stereocenters. The summed E-state index contributed by atoms with van der Waals surface area (Å²) in [4.78, 5) is 11.0. The molecule has 0 saturated heterocycles. The lowest BCUT2D eigenvalue weighted by atomic mass is 10.1. The minimum atomic E-state index is -3.60. The fourth-order valence-corrected chi connectivity index (χ4v) is 4.51. The first-order valence-electron chi connectivity index (χ1n) is 5.97. The molecule has 5 nitrogen and oxygen atoms in total. The van der Waals surface area contributed by atoms with E-state index in [2.05, 4.69) is 18.6 Å². The van der Waals surface area contributed by atoms with Gasteiger partial charge < -0.3 is 5.11 Å². The summed E-state index contributed by atoms with van der Waals surface area (Å²) in [5, 5.41) is 8.94. The van der Waals surface area contributed by atoms with Gasteiger partial charge in [-0.2, -0.15) is 0 Å². The highest BCUT2D eigenvalue weighted by atomic mass is 32.2. The van der Waals surface area contributed by atoms with E-state index < -0.39 is 16.0 Å². The van der Waals surface area contributed by atoms with Crippen molar-refractivity contribution in [3.8, 4) is 0 Å². The zero-order valence-electron chi connectivity index (χ0n) is 11.1. The van der Waals surface area contributed by atoms with Crippen molar-refractivity contribution >= 4 is 27.3 Å². The summed E-state index contributed by atoms with van der Waals surface area (Å²) < 4.78 is 26.8. The Balaban J connectivity index is 2.11. The first-order valence-corrected chi connectivity index (χ1v) is 8.27. The van der Waals surface area contributed by atoms with Crippen LogP contribution in [-0.2, 0) is 10.0 Å². The number of hydrogen-bond acceptors (Lipinski definition) is 4. The van der Waals surface area contributed by atoms with Crippen LogP contribution in [0.4, 0.5) is 0 Å². The third-order valence-electron chi connectivity index (χ3n) is 3.59. The maximum absolute atomic E-state index is 12.1. The minimum absolute atomic E-state index is 0.0702. The summed E-state index contributed by atoms with van der Waals surface area (Å²) in [7, 11) is -3.60. The predicted octanol–water partition coefficient (Wildman–Crippen LogP) is 2.08. The summed E-state index contributed by atoms with van der Waals surface area (Å²) in [6.07, 6.45) is 1.01. The fourth-order valence-electron chi connectivity index (χ4n) is 2.00. The molecule has 106 valence electrons. The summed E-state index contributed by atoms with van der Waals surface area (Å²) >= 11 is 0.797. The van der Waals surface area contributed by atoms with Gasteiger partial charge in [0.15, 0.2) is 0 Å². The van der Waals surface area contributed by atoms with Gasteiger partial charge in [-0.3, -0.25) is 0 Å². The number of rotatable bonds is 5. The van der Waals surface area contributed by atoms with Crippen LogP contribution < -0.4 is 4.72 Å². The van der Waals surface area contributed by atoms with Gasteiger partial charge in [0.1, 0.15) is 9.09 Å². The van der Waals surface area contributed by atoms with Crippen LogP contribution in [0.2, 0.25) is 0 Å². The molecule has 0 aliphatic heterocycles. The van der Waals surface area contributed by atoms with Crippen LogP contribution in [0.15, 0.2) is 10.3 Å². The normalized spacial score (nSPS) is 21.3. The van der Waals surface area contributed by atoms with Gasteiger partial charge in [0, 0.05) is 6.54 Å². The number of carboxylic acids is 1. The molecule has 7 heteroatoms. The van der Waals surface area contributed by atoms with Crippen molar-refractivity contribution in [1.82, 2.24) is 4.72 Å². The molecule has 0 radical (unpaired) electrons. The molecule has 1 heterocycles. The molecule has 1 aromatic rings. The molecule has 1 saturated carbocycles. The lowest BCUT2D eigenvalue weighted by Gasteiger charge is -2.05. The molecule has 1 aliphatic carbocycles. The number of thiophene rings is 1. The van der Waals surface area contributed by atoms with Crippen molar-refractivity contribution in [3.63, 3.8) is 0 Å². The monoisotopic (exact) mass is 303 g/mol. The Morgan fingerprint density at radius 1 is 1.58 bits per heavy atom. The van der Waals surface area contributed by atoms with Crippen molar-refractivity contribution in [2.45, 2.75) is 31.4 Å². The zero-order valence-corrected chi connectivity index (χ0v) is 12.7. The van der Waals surface area contributed by atoms with Crippen molar-refractivity contribution < 1.29 is 18.3 Å². The van der Waals surface area contributed by atoms with Crippen LogP contribution in [0.25, 0.3) is 0 Å². The van der Waals surface area contributed by atoms with E-state index in [9.17, 15) is 13.2 Å². The highest BCUT2D eigenvalue weighted by Gasteiger charge is 2.45. The number of aryl methyl sites for hydroxylation is 1. The molecule has 1 aromatic heterocycles. The first kappa shape index (κ1) is 14.5. The van der Waals surface area contributed by atoms with E-state index in [0.717, 1.165) is 17.8 Å². The molecular weight excluding hydrogens is 286 g/mol. The molecule has 0 amide bonds. The second kappa shape index (κ2) is 4.57. The third-order valence-corrected chi connectivity index (χ3v) is 6.71. The smallest absolute Gasteiger partial charge is 0.346 e. The summed E-state index contributed by atoms with van der Waals surface area (Å²) in [6, 6.07) is 1.41. The Morgan fingerprint density at radius 2 is 2.16 bits per heavy atom. The number of nitrogens with one attached hydrogen (secondary N) is 1. The molecule has 0 spiro atoms. The lowest BCUT2D eigenvalue weighted by molar-refractivity contribution is 0.0701. The Morgan fingerprint density at radius 3 is 2.58 bits per heavy atom. The van der Waals surface area contributed by atoms with Crippen LogP contribution in [-0.4, -0.2) is 26.0 Å². The molecule has 2 N–H and O–H groups in total. The predicted molar refractivity (Wildman–Crippen MR) is 73.1 cm³/mol. The van der Waals surface area contributed by atoms with Gasteiger partial charge in [0.2, 0.25) is 10.0 Å². The standard InChI is InChI=1S/C12H17NO4S2/c1-7-4-9(18-10(7)11(14)15)19(16,17)13-6-8-5-12(8,2)3/h4,8,13H,5-6H2,1-3H3,(H,14,15). The number of carboxylic acid groups (broad SMARTS) is 1. The van der Waals surface area contributed by atoms with E-state index in [1.54, 1.807) is 6.92 Å². The highest BCUT2D eigenvalue weighted by molar-refractivity contribution is 7.91. The highest BCUT2D eigenvalue weighted by Crippen LogP contribution is 2.51. The Labute approximate surface area is 116 Å². The van der Waals surface area contributed by atoms with Gasteiger partial charge in [-0.05, 0) is 36.3 Å². The quantitative estimate of drug-likeness (QED) is 0.872. The molecular formula is C12H17NO4S2. The van der Waals surface area contributed by atoms with Gasteiger partial charge in [0.25, 0.3) is 0 Å². The fraction of sp³-hybridized carbons (Fsp3) is 0.583. The molecule has 1 unspecified atom stereocenters. The number of hydrogen-bond donors (Lipinski definition) is 2. The second-order valence-electron chi connectivity index (χ2n) is 5.62. The van der Waals surface area contributed by atoms with Crippen LogP contribution >= 0.6 is 11.3 Å². The average molecular weight is 303 g/mol. The van der Waals surface area contributed by atoms with E-state index in [1.807, 2.05) is 0 Å². The first-order chi connectivity index (χ1) is 8.63. The summed E-state index contributed by atoms with van der Waals surface area (Å²) in [5.41, 5.74) is 0.685. The van der Waals surface area contributed by atoms with E-state index in [1.165, 1.54) is 6.07 Å². The number of aromatic carboxylic acids is 1. The van der Waals surface area contributed by atoms with Gasteiger partial charge in [-0.25, -0.2) is 17.9 Å². The molecule has 0 bridgehead atoms. The van der Waals surface area contributed by atoms with E-state index >= 15 is 0 Å². The molecule has 19 heavy (non-hydrogen) atoms. The second-order valence-corrected chi connectivity index (χ2v) is 8.67. The van der Waals surface area contributed by atoms with Crippen LogP contribution in [0, 0.1) is 18.3 Å². The maximum atomic E-state index is 12.1. The number of sulfonamides is 1. The number of carbonyl (C=O) groups is 1. The summed E-state index contributed by atoms with van der Waals surface area (Å²) in [5.74, 6) is -0.727. The van der Waals surface area contributed by atoms with E-state index in [4.69, 9.17) is 5.11 Å². The van der Waals surface area contributed by atoms with E-state index in [0.29, 0.717) is 18.0 Å². The topological polar surface area (TPSA) is 83.5 Å². The SMILES string of the molecule is Cc1cc(S(=O)(=O)NCC2CC2(C)C)sc1C(=O)O. The minimum Gasteiger partial charge on any atom is -0.477 e. The Hall–Kier alpha value is -0.920. The van der Waals surface area contributed by atoms with Crippen molar-refractivity contribution in [2.24, 2.45) is 11.3 Å². The van der Waals surface area contributed by atoms with Crippen molar-refractivity contribution in [3.05, 3.63) is 16.5 Å². The molecule has 1 fully saturated rings. The molecule has 2 rings (SSSR count). The van der Waals surface area contributed by atoms with Gasteiger partial charge in [0.05, 0.1) is 0 Å². The van der Waals surface area contributed by atoms with Crippen LogP contribution in [0.5, 0.6) is 0 Å². The Bertz CT molecular complexity index is 616. The van der Waals surface area contributed by atoms with Crippen LogP contribution in [0.1, 0.15) is 35.5 Å². The van der Waals surface area contributed by atoms with Gasteiger partial charge in [-0.15, -0.1) is 11.3 Å². The van der Waals surface area contributed by atoms with Crippen molar-refractivity contribution in [2.75, 3.05) is 6.54 Å². The maximum Gasteiger partial charge on any atom is 0.346 e. The Kier molecular flexibility index (Phi) is 3.49. The van der Waals surface area contributed by atoms with Gasteiger partial charge in [-0.1, -0.05) is 13.8 Å². The largest absolute Gasteiger partial charge is 0.477 e. The van der Waals surface area contributed by atoms with Crippen LogP contribution in [0.3, 0.4) is 0 Å². The zero-order chi connectivity index (χ0) is 14.4. The average Bonchev–Trinajstić information content (AvgIpc) is 2.69. The summed E-state index contributed by atoms with van der Waals surface area (Å²) in [6.45, 7) is 6.21. The van der Waals surface area contributed by atoms with Gasteiger partial charge >= 0.3 is 5.97 Å². The van der Waals surface area contributed by atoms with E-state index in [-0.39, 0.29) is 14.5 Å². The third kappa shape index (κ3) is 2.98. The lowest BCUT2D eigenvalue weighted by Crippen LogP contribution is -2.26. The molecule has 0 aromatic carbocycles. The molecule has 1 aliphatic rings.